The summed E-state index contributed by atoms with van der Waals surface area (Å²) in [6, 6.07) is 12.1. The number of nitrogens with one attached hydrogen (secondary N) is 3. The largest absolute Gasteiger partial charge is 0.496 e. The molecule has 0 aliphatic heterocycles. The lowest BCUT2D eigenvalue weighted by Gasteiger charge is -2.18. The molecule has 30 heavy (non-hydrogen) atoms. The van der Waals surface area contributed by atoms with E-state index in [1.807, 2.05) is 25.3 Å². The van der Waals surface area contributed by atoms with Gasteiger partial charge in [-0.25, -0.2) is 0 Å². The molecular weight excluding hydrogens is 420 g/mol. The van der Waals surface area contributed by atoms with Gasteiger partial charge in [0.1, 0.15) is 11.8 Å². The Bertz CT molecular complexity index is 1020. The Balaban J connectivity index is 1.71. The van der Waals surface area contributed by atoms with Crippen LogP contribution in [0.2, 0.25) is 0 Å². The second kappa shape index (κ2) is 10.3. The molecule has 1 aromatic carbocycles. The number of anilines is 1. The SMILES string of the molecule is COc1ccccc1C(=O)NC(CCSC)C(=O)Nc1cc(-c2ccc(C)s2)[nH]n1. The van der Waals surface area contributed by atoms with Gasteiger partial charge < -0.3 is 15.4 Å². The molecule has 3 aromatic rings. The van der Waals surface area contributed by atoms with Crippen molar-refractivity contribution in [3.05, 3.63) is 52.9 Å². The van der Waals surface area contributed by atoms with Gasteiger partial charge in [-0.05, 0) is 49.6 Å². The average molecular weight is 445 g/mol. The van der Waals surface area contributed by atoms with Crippen LogP contribution in [0.25, 0.3) is 10.6 Å². The van der Waals surface area contributed by atoms with E-state index in [-0.39, 0.29) is 11.8 Å². The lowest BCUT2D eigenvalue weighted by Crippen LogP contribution is -2.44. The van der Waals surface area contributed by atoms with E-state index in [0.717, 1.165) is 16.3 Å². The van der Waals surface area contributed by atoms with E-state index in [4.69, 9.17) is 4.74 Å². The highest BCUT2D eigenvalue weighted by Gasteiger charge is 2.23. The Labute approximate surface area is 183 Å². The molecule has 3 rings (SSSR count). The minimum Gasteiger partial charge on any atom is -0.496 e. The van der Waals surface area contributed by atoms with Crippen LogP contribution in [0, 0.1) is 6.92 Å². The standard InChI is InChI=1S/C21H24N4O3S2/c1-13-8-9-18(30-13)16-12-19(25-24-16)23-21(27)15(10-11-29-3)22-20(26)14-6-4-5-7-17(14)28-2/h4-9,12,15H,10-11H2,1-3H3,(H,22,26)(H2,23,24,25,27). The molecule has 158 valence electrons. The van der Waals surface area contributed by atoms with Crippen LogP contribution in [0.1, 0.15) is 21.7 Å². The number of hydrogen-bond acceptors (Lipinski definition) is 6. The summed E-state index contributed by atoms with van der Waals surface area (Å²) in [5, 5.41) is 12.7. The van der Waals surface area contributed by atoms with E-state index in [9.17, 15) is 9.59 Å². The van der Waals surface area contributed by atoms with Crippen molar-refractivity contribution in [2.75, 3.05) is 24.4 Å². The van der Waals surface area contributed by atoms with E-state index < -0.39 is 6.04 Å². The number of thiophene rings is 1. The molecule has 9 heteroatoms. The first-order valence-corrected chi connectivity index (χ1v) is 11.6. The summed E-state index contributed by atoms with van der Waals surface area (Å²) in [6.45, 7) is 2.04. The van der Waals surface area contributed by atoms with Crippen molar-refractivity contribution in [1.29, 1.82) is 0 Å². The molecule has 0 saturated carbocycles. The zero-order valence-corrected chi connectivity index (χ0v) is 18.7. The van der Waals surface area contributed by atoms with Crippen LogP contribution >= 0.6 is 23.1 Å². The highest BCUT2D eigenvalue weighted by molar-refractivity contribution is 7.98. The van der Waals surface area contributed by atoms with Crippen molar-refractivity contribution in [1.82, 2.24) is 15.5 Å². The number of carbonyl (C=O) groups excluding carboxylic acids is 2. The Morgan fingerprint density at radius 2 is 2.07 bits per heavy atom. The first kappa shape index (κ1) is 21.9. The van der Waals surface area contributed by atoms with Gasteiger partial charge in [-0.1, -0.05) is 12.1 Å². The Morgan fingerprint density at radius 3 is 2.77 bits per heavy atom. The fourth-order valence-corrected chi connectivity index (χ4v) is 4.18. The summed E-state index contributed by atoms with van der Waals surface area (Å²) in [5.74, 6) is 0.937. The van der Waals surface area contributed by atoms with E-state index in [1.54, 1.807) is 53.4 Å². The maximum atomic E-state index is 12.9. The normalized spacial score (nSPS) is 11.7. The van der Waals surface area contributed by atoms with Gasteiger partial charge in [0.05, 0.1) is 23.2 Å². The van der Waals surface area contributed by atoms with Crippen molar-refractivity contribution in [2.24, 2.45) is 0 Å². The number of hydrogen-bond donors (Lipinski definition) is 3. The van der Waals surface area contributed by atoms with Crippen molar-refractivity contribution in [3.8, 4) is 16.3 Å². The van der Waals surface area contributed by atoms with Crippen molar-refractivity contribution in [2.45, 2.75) is 19.4 Å². The number of thioether (sulfide) groups is 1. The number of aryl methyl sites for hydroxylation is 1. The summed E-state index contributed by atoms with van der Waals surface area (Å²) in [5.41, 5.74) is 1.22. The minimum absolute atomic E-state index is 0.312. The predicted octanol–water partition coefficient (Wildman–Crippen LogP) is 3.95. The summed E-state index contributed by atoms with van der Waals surface area (Å²) in [4.78, 5) is 27.9. The van der Waals surface area contributed by atoms with E-state index in [1.165, 1.54) is 12.0 Å². The van der Waals surface area contributed by atoms with E-state index >= 15 is 0 Å². The number of para-hydroxylation sites is 1. The van der Waals surface area contributed by atoms with Gasteiger partial charge in [-0.3, -0.25) is 14.7 Å². The lowest BCUT2D eigenvalue weighted by atomic mass is 10.1. The number of H-pyrrole nitrogens is 1. The van der Waals surface area contributed by atoms with Gasteiger partial charge in [0.15, 0.2) is 5.82 Å². The predicted molar refractivity (Wildman–Crippen MR) is 123 cm³/mol. The first-order chi connectivity index (χ1) is 14.5. The lowest BCUT2D eigenvalue weighted by molar-refractivity contribution is -0.118. The molecule has 2 aromatic heterocycles. The quantitative estimate of drug-likeness (QED) is 0.464. The van der Waals surface area contributed by atoms with Gasteiger partial charge in [0, 0.05) is 10.9 Å². The third-order valence-electron chi connectivity index (χ3n) is 4.42. The molecule has 1 unspecified atom stereocenters. The smallest absolute Gasteiger partial charge is 0.255 e. The molecule has 0 aliphatic carbocycles. The third kappa shape index (κ3) is 5.43. The molecule has 2 amide bonds. The minimum atomic E-state index is -0.695. The molecule has 7 nitrogen and oxygen atoms in total. The van der Waals surface area contributed by atoms with Crippen LogP contribution in [0.15, 0.2) is 42.5 Å². The maximum Gasteiger partial charge on any atom is 0.255 e. The van der Waals surface area contributed by atoms with Crippen LogP contribution in [0.4, 0.5) is 5.82 Å². The van der Waals surface area contributed by atoms with E-state index in [0.29, 0.717) is 23.6 Å². The Morgan fingerprint density at radius 1 is 1.27 bits per heavy atom. The molecular formula is C21H24N4O3S2. The fourth-order valence-electron chi connectivity index (χ4n) is 2.88. The Hall–Kier alpha value is -2.78. The molecule has 0 spiro atoms. The number of aromatic nitrogens is 2. The maximum absolute atomic E-state index is 12.9. The van der Waals surface area contributed by atoms with Gasteiger partial charge in [0.2, 0.25) is 5.91 Å². The molecule has 0 fully saturated rings. The zero-order valence-electron chi connectivity index (χ0n) is 17.0. The van der Waals surface area contributed by atoms with Crippen LogP contribution in [-0.2, 0) is 4.79 Å². The van der Waals surface area contributed by atoms with E-state index in [2.05, 4.69) is 20.8 Å². The number of benzene rings is 1. The summed E-state index contributed by atoms with van der Waals surface area (Å²) < 4.78 is 5.25. The second-order valence-electron chi connectivity index (χ2n) is 6.57. The average Bonchev–Trinajstić information content (AvgIpc) is 3.39. The van der Waals surface area contributed by atoms with Gasteiger partial charge in [0.25, 0.3) is 5.91 Å². The van der Waals surface area contributed by atoms with Gasteiger partial charge >= 0.3 is 0 Å². The number of nitrogens with zero attached hydrogens (tertiary/aromatic N) is 1. The summed E-state index contributed by atoms with van der Waals surface area (Å²) in [6.07, 6.45) is 2.45. The van der Waals surface area contributed by atoms with Crippen molar-refractivity contribution >= 4 is 40.7 Å². The third-order valence-corrected chi connectivity index (χ3v) is 6.10. The molecule has 0 aliphatic rings. The number of rotatable bonds is 9. The molecule has 0 saturated heterocycles. The molecule has 1 atom stereocenters. The van der Waals surface area contributed by atoms with Crippen LogP contribution in [-0.4, -0.2) is 47.2 Å². The first-order valence-electron chi connectivity index (χ1n) is 9.37. The highest BCUT2D eigenvalue weighted by atomic mass is 32.2. The van der Waals surface area contributed by atoms with Crippen LogP contribution in [0.3, 0.4) is 0 Å². The van der Waals surface area contributed by atoms with Gasteiger partial charge in [-0.2, -0.15) is 16.9 Å². The molecule has 0 bridgehead atoms. The van der Waals surface area contributed by atoms with Crippen LogP contribution < -0.4 is 15.4 Å². The number of amides is 2. The fraction of sp³-hybridized carbons (Fsp3) is 0.286. The summed E-state index contributed by atoms with van der Waals surface area (Å²) >= 11 is 3.26. The van der Waals surface area contributed by atoms with Crippen molar-refractivity contribution in [3.63, 3.8) is 0 Å². The Kier molecular flexibility index (Phi) is 7.53. The zero-order chi connectivity index (χ0) is 21.5. The highest BCUT2D eigenvalue weighted by Crippen LogP contribution is 2.27. The molecule has 3 N–H and O–H groups in total. The second-order valence-corrected chi connectivity index (χ2v) is 8.85. The van der Waals surface area contributed by atoms with Gasteiger partial charge in [-0.15, -0.1) is 11.3 Å². The number of aromatic amines is 1. The monoisotopic (exact) mass is 444 g/mol. The molecule has 0 radical (unpaired) electrons. The molecule has 2 heterocycles. The summed E-state index contributed by atoms with van der Waals surface area (Å²) in [7, 11) is 1.51. The number of carbonyl (C=O) groups is 2. The van der Waals surface area contributed by atoms with Crippen molar-refractivity contribution < 1.29 is 14.3 Å². The number of methoxy groups -OCH3 is 1. The topological polar surface area (TPSA) is 96.1 Å². The van der Waals surface area contributed by atoms with Crippen LogP contribution in [0.5, 0.6) is 5.75 Å². The number of ether oxygens (including phenoxy) is 1.